The molecular weight excluding hydrogens is 302 g/mol. The quantitative estimate of drug-likeness (QED) is 0.802. The molecule has 0 radical (unpaired) electrons. The summed E-state index contributed by atoms with van der Waals surface area (Å²) in [5, 5.41) is 17.6. The number of hydrogen-bond acceptors (Lipinski definition) is 3. The molecule has 0 aliphatic heterocycles. The van der Waals surface area contributed by atoms with Crippen LogP contribution in [0.5, 0.6) is 0 Å². The van der Waals surface area contributed by atoms with Gasteiger partial charge in [0.25, 0.3) is 0 Å². The minimum absolute atomic E-state index is 0.106. The summed E-state index contributed by atoms with van der Waals surface area (Å²) in [6.45, 7) is 1.94. The molecule has 0 fully saturated rings. The first kappa shape index (κ1) is 14.3. The van der Waals surface area contributed by atoms with Crippen LogP contribution in [-0.2, 0) is 0 Å². The van der Waals surface area contributed by atoms with Crippen molar-refractivity contribution in [2.45, 2.75) is 6.92 Å². The van der Waals surface area contributed by atoms with E-state index in [0.29, 0.717) is 16.4 Å². The van der Waals surface area contributed by atoms with Crippen molar-refractivity contribution < 1.29 is 9.90 Å². The molecule has 1 N–H and O–H groups in total. The zero-order valence-corrected chi connectivity index (χ0v) is 12.4. The highest BCUT2D eigenvalue weighted by Gasteiger charge is 2.22. The molecular formula is C16H12ClN3O2. The molecule has 0 unspecified atom stereocenters. The highest BCUT2D eigenvalue weighted by Crippen LogP contribution is 2.29. The second-order valence-corrected chi connectivity index (χ2v) is 5.23. The molecule has 110 valence electrons. The summed E-state index contributed by atoms with van der Waals surface area (Å²) in [5.74, 6) is -1.13. The Morgan fingerprint density at radius 2 is 1.95 bits per heavy atom. The van der Waals surface area contributed by atoms with Crippen LogP contribution in [0.1, 0.15) is 16.1 Å². The lowest BCUT2D eigenvalue weighted by Gasteiger charge is -2.09. The number of halogens is 1. The fourth-order valence-electron chi connectivity index (χ4n) is 2.27. The van der Waals surface area contributed by atoms with Crippen LogP contribution in [0.15, 0.2) is 48.5 Å². The Hall–Kier alpha value is -2.66. The molecule has 0 saturated heterocycles. The normalized spacial score (nSPS) is 10.6. The molecule has 1 aromatic heterocycles. The number of aromatic nitrogens is 3. The number of carbonyl (C=O) groups is 1. The van der Waals surface area contributed by atoms with Gasteiger partial charge < -0.3 is 5.11 Å². The average Bonchev–Trinajstić information content (AvgIpc) is 2.92. The fraction of sp³-hybridized carbons (Fsp3) is 0.0625. The van der Waals surface area contributed by atoms with Gasteiger partial charge in [-0.15, -0.1) is 5.10 Å². The molecule has 5 nitrogen and oxygen atoms in total. The van der Waals surface area contributed by atoms with Gasteiger partial charge in [0.15, 0.2) is 5.69 Å². The molecule has 3 aromatic rings. The number of aromatic carboxylic acids is 1. The lowest BCUT2D eigenvalue weighted by Crippen LogP contribution is -2.03. The number of para-hydroxylation sites is 1. The monoisotopic (exact) mass is 313 g/mol. The number of aryl methyl sites for hydroxylation is 1. The predicted octanol–water partition coefficient (Wildman–Crippen LogP) is 3.59. The molecule has 2 aromatic carbocycles. The van der Waals surface area contributed by atoms with Crippen molar-refractivity contribution in [2.75, 3.05) is 0 Å². The maximum Gasteiger partial charge on any atom is 0.358 e. The topological polar surface area (TPSA) is 68.0 Å². The molecule has 0 spiro atoms. The summed E-state index contributed by atoms with van der Waals surface area (Å²) in [5.41, 5.74) is 2.62. The van der Waals surface area contributed by atoms with E-state index < -0.39 is 5.97 Å². The second-order valence-electron chi connectivity index (χ2n) is 4.82. The number of hydrogen-bond donors (Lipinski definition) is 1. The predicted molar refractivity (Wildman–Crippen MR) is 83.5 cm³/mol. The maximum absolute atomic E-state index is 11.5. The van der Waals surface area contributed by atoms with Gasteiger partial charge in [0.2, 0.25) is 0 Å². The van der Waals surface area contributed by atoms with Crippen LogP contribution < -0.4 is 0 Å². The van der Waals surface area contributed by atoms with Crippen molar-refractivity contribution in [1.29, 1.82) is 0 Å². The van der Waals surface area contributed by atoms with E-state index in [2.05, 4.69) is 10.3 Å². The molecule has 0 amide bonds. The lowest BCUT2D eigenvalue weighted by atomic mass is 10.1. The molecule has 0 aliphatic carbocycles. The van der Waals surface area contributed by atoms with Gasteiger partial charge in [-0.3, -0.25) is 0 Å². The van der Waals surface area contributed by atoms with Crippen molar-refractivity contribution in [2.24, 2.45) is 0 Å². The van der Waals surface area contributed by atoms with E-state index in [1.54, 1.807) is 18.2 Å². The number of carboxylic acids is 1. The van der Waals surface area contributed by atoms with Gasteiger partial charge in [0.1, 0.15) is 5.69 Å². The van der Waals surface area contributed by atoms with E-state index in [9.17, 15) is 9.90 Å². The third-order valence-electron chi connectivity index (χ3n) is 3.24. The molecule has 6 heteroatoms. The van der Waals surface area contributed by atoms with Gasteiger partial charge in [-0.2, -0.15) is 0 Å². The Labute approximate surface area is 131 Å². The molecule has 0 aliphatic rings. The first-order valence-electron chi connectivity index (χ1n) is 6.59. The zero-order valence-electron chi connectivity index (χ0n) is 11.7. The molecule has 0 saturated carbocycles. The Morgan fingerprint density at radius 1 is 1.18 bits per heavy atom. The fourth-order valence-corrected chi connectivity index (χ4v) is 2.49. The van der Waals surface area contributed by atoms with Crippen LogP contribution in [0.3, 0.4) is 0 Å². The summed E-state index contributed by atoms with van der Waals surface area (Å²) < 4.78 is 1.46. The molecule has 0 atom stereocenters. The van der Waals surface area contributed by atoms with Crippen LogP contribution in [-0.4, -0.2) is 26.1 Å². The highest BCUT2D eigenvalue weighted by atomic mass is 35.5. The SMILES string of the molecule is Cc1cccc(-c2c(C(=O)O)nnn2-c2ccccc2Cl)c1. The smallest absolute Gasteiger partial charge is 0.358 e. The molecule has 1 heterocycles. The second kappa shape index (κ2) is 5.61. The van der Waals surface area contributed by atoms with Gasteiger partial charge >= 0.3 is 5.97 Å². The van der Waals surface area contributed by atoms with Gasteiger partial charge in [0, 0.05) is 5.56 Å². The van der Waals surface area contributed by atoms with Gasteiger partial charge in [0.05, 0.1) is 10.7 Å². The first-order chi connectivity index (χ1) is 10.6. The van der Waals surface area contributed by atoms with E-state index >= 15 is 0 Å². The number of benzene rings is 2. The van der Waals surface area contributed by atoms with Crippen molar-refractivity contribution >= 4 is 17.6 Å². The maximum atomic E-state index is 11.5. The number of rotatable bonds is 3. The summed E-state index contributed by atoms with van der Waals surface area (Å²) in [4.78, 5) is 11.5. The van der Waals surface area contributed by atoms with Crippen molar-refractivity contribution in [3.8, 4) is 16.9 Å². The van der Waals surface area contributed by atoms with Crippen molar-refractivity contribution in [3.05, 3.63) is 64.8 Å². The minimum atomic E-state index is -1.13. The Bertz CT molecular complexity index is 858. The van der Waals surface area contributed by atoms with Gasteiger partial charge in [-0.05, 0) is 25.1 Å². The van der Waals surface area contributed by atoms with E-state index in [4.69, 9.17) is 11.6 Å². The van der Waals surface area contributed by atoms with Crippen molar-refractivity contribution in [1.82, 2.24) is 15.0 Å². The van der Waals surface area contributed by atoms with Crippen LogP contribution in [0.4, 0.5) is 0 Å². The first-order valence-corrected chi connectivity index (χ1v) is 6.96. The summed E-state index contributed by atoms with van der Waals surface area (Å²) in [7, 11) is 0. The van der Waals surface area contributed by atoms with E-state index in [1.165, 1.54) is 4.68 Å². The van der Waals surface area contributed by atoms with E-state index in [1.807, 2.05) is 37.3 Å². The lowest BCUT2D eigenvalue weighted by molar-refractivity contribution is 0.0691. The summed E-state index contributed by atoms with van der Waals surface area (Å²) in [6, 6.07) is 14.6. The summed E-state index contributed by atoms with van der Waals surface area (Å²) >= 11 is 6.20. The minimum Gasteiger partial charge on any atom is -0.476 e. The number of nitrogens with zero attached hydrogens (tertiary/aromatic N) is 3. The molecule has 22 heavy (non-hydrogen) atoms. The van der Waals surface area contributed by atoms with E-state index in [-0.39, 0.29) is 5.69 Å². The highest BCUT2D eigenvalue weighted by molar-refractivity contribution is 6.32. The Balaban J connectivity index is 2.29. The number of carboxylic acid groups (broad SMARTS) is 1. The molecule has 0 bridgehead atoms. The molecule has 3 rings (SSSR count). The van der Waals surface area contributed by atoms with E-state index in [0.717, 1.165) is 11.1 Å². The average molecular weight is 314 g/mol. The van der Waals surface area contributed by atoms with Crippen LogP contribution in [0.2, 0.25) is 5.02 Å². The van der Waals surface area contributed by atoms with Gasteiger partial charge in [-0.1, -0.05) is 52.7 Å². The Morgan fingerprint density at radius 3 is 2.64 bits per heavy atom. The standard InChI is InChI=1S/C16H12ClN3O2/c1-10-5-4-6-11(9-10)15-14(16(21)22)18-19-20(15)13-8-3-2-7-12(13)17/h2-9H,1H3,(H,21,22). The van der Waals surface area contributed by atoms with Crippen LogP contribution in [0.25, 0.3) is 16.9 Å². The van der Waals surface area contributed by atoms with Crippen molar-refractivity contribution in [3.63, 3.8) is 0 Å². The largest absolute Gasteiger partial charge is 0.476 e. The zero-order chi connectivity index (χ0) is 15.7. The van der Waals surface area contributed by atoms with Crippen LogP contribution in [0, 0.1) is 6.92 Å². The Kier molecular flexibility index (Phi) is 3.65. The van der Waals surface area contributed by atoms with Crippen LogP contribution >= 0.6 is 11.6 Å². The third kappa shape index (κ3) is 2.46. The third-order valence-corrected chi connectivity index (χ3v) is 3.56. The van der Waals surface area contributed by atoms with Gasteiger partial charge in [-0.25, -0.2) is 9.48 Å². The summed E-state index contributed by atoms with van der Waals surface area (Å²) in [6.07, 6.45) is 0.